The predicted octanol–water partition coefficient (Wildman–Crippen LogP) is 4.40. The van der Waals surface area contributed by atoms with Gasteiger partial charge >= 0.3 is 0 Å². The molecule has 0 saturated carbocycles. The monoisotopic (exact) mass is 453 g/mol. The standard InChI is InChI=1S/C21H19N5O3S2/c1-13-5-3-8-18(24-13)20-21(30-14(2)25-20)29-16-9-10-23-19(12-16)26-15-6-4-7-17(11-15)31(22,27)28/h3-12H,1-2H3,(H,23,26)(H2,22,27,28). The smallest absolute Gasteiger partial charge is 0.238 e. The molecule has 8 nitrogen and oxygen atoms in total. The molecule has 4 rings (SSSR count). The Morgan fingerprint density at radius 3 is 2.61 bits per heavy atom. The van der Waals surface area contributed by atoms with Crippen LogP contribution in [0.1, 0.15) is 10.7 Å². The number of hydrogen-bond acceptors (Lipinski definition) is 8. The number of sulfonamides is 1. The largest absolute Gasteiger partial charge is 0.444 e. The van der Waals surface area contributed by atoms with Crippen LogP contribution < -0.4 is 15.2 Å². The molecule has 1 aromatic carbocycles. The Hall–Kier alpha value is -3.34. The number of aromatic nitrogens is 3. The van der Waals surface area contributed by atoms with Crippen LogP contribution >= 0.6 is 11.3 Å². The van der Waals surface area contributed by atoms with E-state index in [0.717, 1.165) is 16.4 Å². The molecule has 3 N–H and O–H groups in total. The molecule has 0 bridgehead atoms. The van der Waals surface area contributed by atoms with Crippen molar-refractivity contribution in [1.82, 2.24) is 15.0 Å². The van der Waals surface area contributed by atoms with Crippen molar-refractivity contribution in [2.24, 2.45) is 5.14 Å². The first kappa shape index (κ1) is 20.9. The maximum Gasteiger partial charge on any atom is 0.238 e. The number of benzene rings is 1. The van der Waals surface area contributed by atoms with Gasteiger partial charge in [0.1, 0.15) is 17.3 Å². The lowest BCUT2D eigenvalue weighted by atomic mass is 10.2. The summed E-state index contributed by atoms with van der Waals surface area (Å²) in [6, 6.07) is 15.4. The molecule has 0 aliphatic heterocycles. The van der Waals surface area contributed by atoms with Crippen molar-refractivity contribution in [3.8, 4) is 22.2 Å². The fraction of sp³-hybridized carbons (Fsp3) is 0.0952. The number of hydrogen-bond donors (Lipinski definition) is 2. The average Bonchev–Trinajstić information content (AvgIpc) is 3.08. The van der Waals surface area contributed by atoms with Crippen molar-refractivity contribution in [1.29, 1.82) is 0 Å². The Bertz CT molecular complexity index is 1350. The summed E-state index contributed by atoms with van der Waals surface area (Å²) < 4.78 is 29.2. The highest BCUT2D eigenvalue weighted by molar-refractivity contribution is 7.89. The number of ether oxygens (including phenoxy) is 1. The molecular formula is C21H19N5O3S2. The molecule has 0 unspecified atom stereocenters. The van der Waals surface area contributed by atoms with E-state index in [0.29, 0.717) is 28.0 Å². The number of nitrogens with one attached hydrogen (secondary N) is 1. The Labute approximate surface area is 183 Å². The molecule has 0 spiro atoms. The molecule has 0 radical (unpaired) electrons. The summed E-state index contributed by atoms with van der Waals surface area (Å²) in [5, 5.41) is 9.76. The number of pyridine rings is 2. The topological polar surface area (TPSA) is 120 Å². The molecule has 10 heteroatoms. The molecule has 3 heterocycles. The lowest BCUT2D eigenvalue weighted by Gasteiger charge is -2.09. The summed E-state index contributed by atoms with van der Waals surface area (Å²) >= 11 is 1.43. The average molecular weight is 454 g/mol. The lowest BCUT2D eigenvalue weighted by Crippen LogP contribution is -2.12. The van der Waals surface area contributed by atoms with Crippen LogP contribution in [0.3, 0.4) is 0 Å². The van der Waals surface area contributed by atoms with Gasteiger partial charge in [0.05, 0.1) is 15.6 Å². The summed E-state index contributed by atoms with van der Waals surface area (Å²) in [7, 11) is -3.79. The van der Waals surface area contributed by atoms with Crippen LogP contribution in [0.25, 0.3) is 11.4 Å². The van der Waals surface area contributed by atoms with Crippen molar-refractivity contribution in [3.63, 3.8) is 0 Å². The molecule has 0 aliphatic carbocycles. The van der Waals surface area contributed by atoms with Gasteiger partial charge < -0.3 is 10.1 Å². The maximum absolute atomic E-state index is 11.6. The second kappa shape index (κ2) is 8.42. The van der Waals surface area contributed by atoms with Crippen molar-refractivity contribution >= 4 is 32.9 Å². The summed E-state index contributed by atoms with van der Waals surface area (Å²) in [4.78, 5) is 13.4. The number of aryl methyl sites for hydroxylation is 2. The minimum Gasteiger partial charge on any atom is -0.444 e. The number of nitrogens with two attached hydrogens (primary N) is 1. The quantitative estimate of drug-likeness (QED) is 0.444. The van der Waals surface area contributed by atoms with E-state index in [4.69, 9.17) is 9.88 Å². The van der Waals surface area contributed by atoms with Crippen molar-refractivity contribution < 1.29 is 13.2 Å². The van der Waals surface area contributed by atoms with E-state index in [1.165, 1.54) is 23.5 Å². The van der Waals surface area contributed by atoms with E-state index in [9.17, 15) is 8.42 Å². The molecule has 0 amide bonds. The minimum absolute atomic E-state index is 0.0142. The second-order valence-corrected chi connectivity index (χ2v) is 9.44. The van der Waals surface area contributed by atoms with Gasteiger partial charge in [-0.3, -0.25) is 4.98 Å². The zero-order valence-corrected chi connectivity index (χ0v) is 18.4. The van der Waals surface area contributed by atoms with Crippen molar-refractivity contribution in [3.05, 3.63) is 71.5 Å². The van der Waals surface area contributed by atoms with Gasteiger partial charge in [-0.1, -0.05) is 23.5 Å². The van der Waals surface area contributed by atoms with Crippen LogP contribution in [0.15, 0.2) is 65.7 Å². The van der Waals surface area contributed by atoms with Gasteiger partial charge in [-0.2, -0.15) is 0 Å². The van der Waals surface area contributed by atoms with Crippen LogP contribution in [0.4, 0.5) is 11.5 Å². The Morgan fingerprint density at radius 1 is 1.03 bits per heavy atom. The predicted molar refractivity (Wildman–Crippen MR) is 120 cm³/mol. The highest BCUT2D eigenvalue weighted by Crippen LogP contribution is 2.37. The van der Waals surface area contributed by atoms with Crippen molar-refractivity contribution in [2.75, 3.05) is 5.32 Å². The first-order valence-electron chi connectivity index (χ1n) is 9.23. The van der Waals surface area contributed by atoms with Gasteiger partial charge in [0.2, 0.25) is 15.1 Å². The molecular weight excluding hydrogens is 434 g/mol. The van der Waals surface area contributed by atoms with Crippen LogP contribution in [-0.2, 0) is 10.0 Å². The van der Waals surface area contributed by atoms with Crippen LogP contribution in [0.5, 0.6) is 10.8 Å². The van der Waals surface area contributed by atoms with Gasteiger partial charge in [-0.15, -0.1) is 0 Å². The van der Waals surface area contributed by atoms with E-state index in [-0.39, 0.29) is 4.90 Å². The van der Waals surface area contributed by atoms with E-state index in [2.05, 4.69) is 20.3 Å². The summed E-state index contributed by atoms with van der Waals surface area (Å²) in [6.45, 7) is 3.84. The van der Waals surface area contributed by atoms with E-state index >= 15 is 0 Å². The highest BCUT2D eigenvalue weighted by atomic mass is 32.2. The van der Waals surface area contributed by atoms with Gasteiger partial charge in [0, 0.05) is 23.6 Å². The fourth-order valence-corrected chi connectivity index (χ4v) is 4.21. The number of rotatable bonds is 6. The second-order valence-electron chi connectivity index (χ2n) is 6.71. The third-order valence-corrected chi connectivity index (χ3v) is 5.97. The number of anilines is 2. The van der Waals surface area contributed by atoms with Crippen molar-refractivity contribution in [2.45, 2.75) is 18.7 Å². The Morgan fingerprint density at radius 2 is 1.84 bits per heavy atom. The number of primary sulfonamides is 1. The minimum atomic E-state index is -3.79. The van der Waals surface area contributed by atoms with Crippen LogP contribution in [0.2, 0.25) is 0 Å². The Balaban J connectivity index is 1.59. The maximum atomic E-state index is 11.6. The van der Waals surface area contributed by atoms with E-state index in [1.54, 1.807) is 30.5 Å². The lowest BCUT2D eigenvalue weighted by molar-refractivity contribution is 0.496. The normalized spacial score (nSPS) is 11.3. The van der Waals surface area contributed by atoms with E-state index < -0.39 is 10.0 Å². The molecule has 0 saturated heterocycles. The molecule has 0 fully saturated rings. The van der Waals surface area contributed by atoms with E-state index in [1.807, 2.05) is 32.0 Å². The first-order valence-corrected chi connectivity index (χ1v) is 11.6. The zero-order valence-electron chi connectivity index (χ0n) is 16.7. The van der Waals surface area contributed by atoms with Crippen LogP contribution in [0, 0.1) is 13.8 Å². The third kappa shape index (κ3) is 5.05. The van der Waals surface area contributed by atoms with Gasteiger partial charge in [-0.05, 0) is 50.2 Å². The SMILES string of the molecule is Cc1cccc(-c2nc(C)sc2Oc2ccnc(Nc3cccc(S(N)(=O)=O)c3)c2)n1. The summed E-state index contributed by atoms with van der Waals surface area (Å²) in [5.74, 6) is 1.04. The molecule has 0 atom stereocenters. The molecule has 0 aliphatic rings. The molecule has 31 heavy (non-hydrogen) atoms. The van der Waals surface area contributed by atoms with Gasteiger partial charge in [-0.25, -0.2) is 23.5 Å². The van der Waals surface area contributed by atoms with Gasteiger partial charge in [0.15, 0.2) is 0 Å². The van der Waals surface area contributed by atoms with Crippen LogP contribution in [-0.4, -0.2) is 23.4 Å². The molecule has 3 aromatic heterocycles. The fourth-order valence-electron chi connectivity index (χ4n) is 2.86. The Kier molecular flexibility index (Phi) is 5.68. The summed E-state index contributed by atoms with van der Waals surface area (Å²) in [6.07, 6.45) is 1.60. The molecule has 4 aromatic rings. The zero-order chi connectivity index (χ0) is 22.0. The first-order chi connectivity index (χ1) is 14.8. The molecule has 158 valence electrons. The number of thiazole rings is 1. The number of nitrogens with zero attached hydrogens (tertiary/aromatic N) is 3. The van der Waals surface area contributed by atoms with Gasteiger partial charge in [0.25, 0.3) is 0 Å². The third-order valence-electron chi connectivity index (χ3n) is 4.21. The summed E-state index contributed by atoms with van der Waals surface area (Å²) in [5.41, 5.74) is 2.85. The highest BCUT2D eigenvalue weighted by Gasteiger charge is 2.15.